The lowest BCUT2D eigenvalue weighted by Gasteiger charge is -2.18. The Morgan fingerprint density at radius 1 is 1.33 bits per heavy atom. The van der Waals surface area contributed by atoms with Gasteiger partial charge in [-0.3, -0.25) is 4.79 Å². The van der Waals surface area contributed by atoms with Gasteiger partial charge < -0.3 is 9.47 Å². The smallest absolute Gasteiger partial charge is 0.274 e. The normalized spacial score (nSPS) is 10.4. The van der Waals surface area contributed by atoms with Gasteiger partial charge in [0, 0.05) is 30.5 Å². The summed E-state index contributed by atoms with van der Waals surface area (Å²) in [6.45, 7) is 2.01. The maximum Gasteiger partial charge on any atom is 0.274 e. The highest BCUT2D eigenvalue weighted by Gasteiger charge is 2.16. The van der Waals surface area contributed by atoms with Crippen molar-refractivity contribution >= 4 is 27.5 Å². The second-order valence-electron chi connectivity index (χ2n) is 4.30. The zero-order valence-electron chi connectivity index (χ0n) is 10.6. The molecule has 0 saturated carbocycles. The van der Waals surface area contributed by atoms with Crippen LogP contribution >= 0.6 is 15.9 Å². The van der Waals surface area contributed by atoms with Gasteiger partial charge in [0.25, 0.3) is 5.91 Å². The van der Waals surface area contributed by atoms with E-state index in [4.69, 9.17) is 0 Å². The van der Waals surface area contributed by atoms with Crippen molar-refractivity contribution in [2.75, 3.05) is 11.9 Å². The first-order valence-electron chi connectivity index (χ1n) is 5.66. The summed E-state index contributed by atoms with van der Waals surface area (Å²) in [6.07, 6.45) is 1.87. The average molecular weight is 307 g/mol. The number of nitrogens with zero attached hydrogens (tertiary/aromatic N) is 2. The molecule has 3 nitrogen and oxygen atoms in total. The van der Waals surface area contributed by atoms with Crippen LogP contribution in [-0.2, 0) is 7.05 Å². The van der Waals surface area contributed by atoms with Crippen LogP contribution in [0.4, 0.5) is 5.69 Å². The van der Waals surface area contributed by atoms with E-state index in [2.05, 4.69) is 15.9 Å². The zero-order valence-corrected chi connectivity index (χ0v) is 12.2. The summed E-state index contributed by atoms with van der Waals surface area (Å²) in [4.78, 5) is 14.0. The maximum absolute atomic E-state index is 12.3. The van der Waals surface area contributed by atoms with E-state index < -0.39 is 0 Å². The number of amides is 1. The van der Waals surface area contributed by atoms with E-state index >= 15 is 0 Å². The molecule has 94 valence electrons. The summed E-state index contributed by atoms with van der Waals surface area (Å²) in [5, 5.41) is 0. The lowest BCUT2D eigenvalue weighted by molar-refractivity contribution is 0.0985. The van der Waals surface area contributed by atoms with Crippen molar-refractivity contribution in [3.63, 3.8) is 0 Å². The molecule has 18 heavy (non-hydrogen) atoms. The Morgan fingerprint density at radius 2 is 2.06 bits per heavy atom. The van der Waals surface area contributed by atoms with Gasteiger partial charge >= 0.3 is 0 Å². The summed E-state index contributed by atoms with van der Waals surface area (Å²) in [5.41, 5.74) is 2.68. The number of benzene rings is 1. The summed E-state index contributed by atoms with van der Waals surface area (Å²) >= 11 is 3.46. The third kappa shape index (κ3) is 2.34. The number of carbonyl (C=O) groups excluding carboxylic acids is 1. The van der Waals surface area contributed by atoms with Crippen LogP contribution in [0.2, 0.25) is 0 Å². The first-order valence-corrected chi connectivity index (χ1v) is 6.45. The molecule has 0 radical (unpaired) electrons. The highest BCUT2D eigenvalue weighted by Crippen LogP contribution is 2.23. The molecule has 0 saturated heterocycles. The fourth-order valence-electron chi connectivity index (χ4n) is 1.81. The van der Waals surface area contributed by atoms with Gasteiger partial charge in [-0.1, -0.05) is 15.9 Å². The average Bonchev–Trinajstić information content (AvgIpc) is 2.77. The van der Waals surface area contributed by atoms with Gasteiger partial charge in [0.2, 0.25) is 0 Å². The van der Waals surface area contributed by atoms with Crippen molar-refractivity contribution in [3.05, 3.63) is 52.3 Å². The molecule has 0 aliphatic rings. The molecule has 0 atom stereocenters. The fraction of sp³-hybridized carbons (Fsp3) is 0.214. The molecular formula is C14H15BrN2O. The van der Waals surface area contributed by atoms with Crippen molar-refractivity contribution in [1.82, 2.24) is 4.57 Å². The molecule has 0 aliphatic heterocycles. The Morgan fingerprint density at radius 3 is 2.61 bits per heavy atom. The van der Waals surface area contributed by atoms with Gasteiger partial charge in [0.1, 0.15) is 5.69 Å². The van der Waals surface area contributed by atoms with Crippen LogP contribution in [-0.4, -0.2) is 17.5 Å². The molecule has 2 aromatic rings. The topological polar surface area (TPSA) is 25.2 Å². The van der Waals surface area contributed by atoms with E-state index in [-0.39, 0.29) is 5.91 Å². The molecule has 0 fully saturated rings. The molecule has 1 heterocycles. The largest absolute Gasteiger partial charge is 0.347 e. The van der Waals surface area contributed by atoms with Crippen LogP contribution in [0, 0.1) is 6.92 Å². The van der Waals surface area contributed by atoms with E-state index in [0.717, 1.165) is 15.7 Å². The molecule has 1 amide bonds. The standard InChI is InChI=1S/C14H15BrN2O/c1-10-9-11(6-7-12(10)15)17(3)14(18)13-5-4-8-16(13)2/h4-9H,1-3H3. The van der Waals surface area contributed by atoms with Gasteiger partial charge in [0.15, 0.2) is 0 Å². The van der Waals surface area contributed by atoms with Crippen molar-refractivity contribution in [3.8, 4) is 0 Å². The minimum Gasteiger partial charge on any atom is -0.347 e. The molecule has 1 aromatic carbocycles. The summed E-state index contributed by atoms with van der Waals surface area (Å²) in [5.74, 6) is -0.00998. The van der Waals surface area contributed by atoms with Crippen LogP contribution in [0.3, 0.4) is 0 Å². The predicted molar refractivity (Wildman–Crippen MR) is 77.0 cm³/mol. The Balaban J connectivity index is 2.31. The number of aryl methyl sites for hydroxylation is 2. The minimum atomic E-state index is -0.00998. The second kappa shape index (κ2) is 4.98. The first kappa shape index (κ1) is 12.9. The van der Waals surface area contributed by atoms with E-state index in [1.54, 1.807) is 11.9 Å². The first-order chi connectivity index (χ1) is 8.50. The number of hydrogen-bond donors (Lipinski definition) is 0. The molecule has 0 aliphatic carbocycles. The maximum atomic E-state index is 12.3. The number of rotatable bonds is 2. The van der Waals surface area contributed by atoms with Crippen LogP contribution in [0.5, 0.6) is 0 Å². The Labute approximate surface area is 115 Å². The SMILES string of the molecule is Cc1cc(N(C)C(=O)c2cccn2C)ccc1Br. The van der Waals surface area contributed by atoms with Crippen molar-refractivity contribution < 1.29 is 4.79 Å². The van der Waals surface area contributed by atoms with Gasteiger partial charge in [-0.15, -0.1) is 0 Å². The highest BCUT2D eigenvalue weighted by molar-refractivity contribution is 9.10. The molecule has 4 heteroatoms. The Bertz CT molecular complexity index is 589. The van der Waals surface area contributed by atoms with E-state index in [1.807, 2.05) is 55.1 Å². The zero-order chi connectivity index (χ0) is 13.3. The second-order valence-corrected chi connectivity index (χ2v) is 5.16. The fourth-order valence-corrected chi connectivity index (χ4v) is 2.06. The Hall–Kier alpha value is -1.55. The van der Waals surface area contributed by atoms with Crippen LogP contribution in [0.15, 0.2) is 41.0 Å². The highest BCUT2D eigenvalue weighted by atomic mass is 79.9. The lowest BCUT2D eigenvalue weighted by Crippen LogP contribution is -2.27. The minimum absolute atomic E-state index is 0.00998. The van der Waals surface area contributed by atoms with Gasteiger partial charge in [-0.2, -0.15) is 0 Å². The quantitative estimate of drug-likeness (QED) is 0.835. The molecule has 2 rings (SSSR count). The van der Waals surface area contributed by atoms with Crippen LogP contribution in [0.1, 0.15) is 16.1 Å². The van der Waals surface area contributed by atoms with Crippen LogP contribution in [0.25, 0.3) is 0 Å². The van der Waals surface area contributed by atoms with E-state index in [0.29, 0.717) is 5.69 Å². The number of aromatic nitrogens is 1. The molecule has 0 bridgehead atoms. The van der Waals surface area contributed by atoms with Crippen LogP contribution < -0.4 is 4.90 Å². The third-order valence-corrected chi connectivity index (χ3v) is 3.89. The molecule has 0 N–H and O–H groups in total. The molecule has 0 spiro atoms. The Kier molecular flexibility index (Phi) is 3.57. The molecular weight excluding hydrogens is 292 g/mol. The van der Waals surface area contributed by atoms with Crippen molar-refractivity contribution in [2.45, 2.75) is 6.92 Å². The lowest BCUT2D eigenvalue weighted by atomic mass is 10.2. The van der Waals surface area contributed by atoms with E-state index in [1.165, 1.54) is 0 Å². The number of hydrogen-bond acceptors (Lipinski definition) is 1. The van der Waals surface area contributed by atoms with Gasteiger partial charge in [-0.25, -0.2) is 0 Å². The van der Waals surface area contributed by atoms with Crippen molar-refractivity contribution in [1.29, 1.82) is 0 Å². The summed E-state index contributed by atoms with van der Waals surface area (Å²) < 4.78 is 2.87. The number of anilines is 1. The molecule has 1 aromatic heterocycles. The molecule has 0 unspecified atom stereocenters. The number of carbonyl (C=O) groups is 1. The number of halogens is 1. The third-order valence-electron chi connectivity index (χ3n) is 3.00. The van der Waals surface area contributed by atoms with Gasteiger partial charge in [0.05, 0.1) is 0 Å². The van der Waals surface area contributed by atoms with Crippen molar-refractivity contribution in [2.24, 2.45) is 7.05 Å². The summed E-state index contributed by atoms with van der Waals surface area (Å²) in [7, 11) is 3.66. The van der Waals surface area contributed by atoms with Gasteiger partial charge in [-0.05, 0) is 42.8 Å². The summed E-state index contributed by atoms with van der Waals surface area (Å²) in [6, 6.07) is 9.57. The monoisotopic (exact) mass is 306 g/mol. The van der Waals surface area contributed by atoms with E-state index in [9.17, 15) is 4.79 Å². The predicted octanol–water partition coefficient (Wildman–Crippen LogP) is 3.37.